The van der Waals surface area contributed by atoms with E-state index in [-0.39, 0.29) is 36.8 Å². The van der Waals surface area contributed by atoms with Crippen molar-refractivity contribution in [3.8, 4) is 16.9 Å². The first-order chi connectivity index (χ1) is 22.4. The van der Waals surface area contributed by atoms with Crippen molar-refractivity contribution in [2.75, 3.05) is 26.4 Å². The fourth-order valence-corrected chi connectivity index (χ4v) is 5.67. The topological polar surface area (TPSA) is 85.9 Å². The van der Waals surface area contributed by atoms with Gasteiger partial charge in [-0.2, -0.15) is 0 Å². The molecule has 0 spiro atoms. The molecule has 3 aromatic rings. The molecule has 0 radical (unpaired) electrons. The average Bonchev–Trinajstić information content (AvgIpc) is 3.39. The van der Waals surface area contributed by atoms with Crippen LogP contribution < -0.4 is 15.4 Å². The van der Waals surface area contributed by atoms with E-state index in [1.165, 1.54) is 0 Å². The maximum absolute atomic E-state index is 13.7. The van der Waals surface area contributed by atoms with Gasteiger partial charge in [-0.15, -0.1) is 6.58 Å². The number of carbonyl (C=O) groups is 2. The molecule has 46 heavy (non-hydrogen) atoms. The third-order valence-electron chi connectivity index (χ3n) is 8.31. The number of hydrogen-bond acceptors (Lipinski definition) is 5. The van der Waals surface area contributed by atoms with Crippen LogP contribution in [0.1, 0.15) is 62.1 Å². The highest BCUT2D eigenvalue weighted by Gasteiger charge is 2.30. The Morgan fingerprint density at radius 1 is 0.848 bits per heavy atom. The summed E-state index contributed by atoms with van der Waals surface area (Å²) in [6.07, 6.45) is 7.42. The summed E-state index contributed by atoms with van der Waals surface area (Å²) in [7, 11) is 0. The van der Waals surface area contributed by atoms with Gasteiger partial charge in [-0.1, -0.05) is 99.7 Å². The van der Waals surface area contributed by atoms with Crippen LogP contribution in [0.4, 0.5) is 4.79 Å². The Hall–Kier alpha value is -4.36. The number of benzene rings is 3. The van der Waals surface area contributed by atoms with Crippen LogP contribution in [0.25, 0.3) is 11.1 Å². The Morgan fingerprint density at radius 3 is 2.15 bits per heavy atom. The molecule has 0 saturated carbocycles. The molecule has 1 aliphatic carbocycles. The molecule has 7 nitrogen and oxygen atoms in total. The first kappa shape index (κ1) is 34.5. The summed E-state index contributed by atoms with van der Waals surface area (Å²) in [6, 6.07) is 22.8. The molecule has 2 atom stereocenters. The third kappa shape index (κ3) is 9.82. The highest BCUT2D eigenvalue weighted by atomic mass is 16.5. The standard InChI is InChI=1S/C39H48N2O5/c1-5-7-8-9-14-24-44-27-37(28(3)4)40-38(42)36(25-29-19-21-30(22-20-29)45-23-6-2)41-39(43)46-26-35-33-17-12-10-15-31(33)32-16-11-13-18-34(32)35/h5-6,10-13,15-22,28,35-37H,1-2,7-9,14,23-27H2,3-4H3,(H,40,42)(H,41,43)/t36-,37-/m1/s1. The summed E-state index contributed by atoms with van der Waals surface area (Å²) in [5.74, 6) is 0.485. The van der Waals surface area contributed by atoms with Crippen molar-refractivity contribution < 1.29 is 23.8 Å². The number of nitrogens with one attached hydrogen (secondary N) is 2. The van der Waals surface area contributed by atoms with Crippen LogP contribution >= 0.6 is 0 Å². The van der Waals surface area contributed by atoms with Crippen molar-refractivity contribution in [2.24, 2.45) is 5.92 Å². The largest absolute Gasteiger partial charge is 0.490 e. The molecule has 0 fully saturated rings. The van der Waals surface area contributed by atoms with Crippen LogP contribution in [0.5, 0.6) is 5.75 Å². The van der Waals surface area contributed by atoms with Crippen LogP contribution in [0.15, 0.2) is 98.1 Å². The van der Waals surface area contributed by atoms with Gasteiger partial charge in [0.2, 0.25) is 5.91 Å². The molecule has 2 amide bonds. The van der Waals surface area contributed by atoms with Gasteiger partial charge in [-0.25, -0.2) is 4.79 Å². The number of fused-ring (bicyclic) bond motifs is 3. The third-order valence-corrected chi connectivity index (χ3v) is 8.31. The average molecular weight is 625 g/mol. The van der Waals surface area contributed by atoms with E-state index in [1.54, 1.807) is 6.08 Å². The Labute approximate surface area is 274 Å². The van der Waals surface area contributed by atoms with E-state index in [2.05, 4.69) is 48.1 Å². The molecule has 0 aliphatic heterocycles. The van der Waals surface area contributed by atoms with Crippen LogP contribution in [0.2, 0.25) is 0 Å². The van der Waals surface area contributed by atoms with Crippen molar-refractivity contribution in [1.82, 2.24) is 10.6 Å². The number of ether oxygens (including phenoxy) is 3. The highest BCUT2D eigenvalue weighted by Crippen LogP contribution is 2.44. The lowest BCUT2D eigenvalue weighted by atomic mass is 9.98. The molecular weight excluding hydrogens is 576 g/mol. The molecule has 7 heteroatoms. The Morgan fingerprint density at radius 2 is 1.52 bits per heavy atom. The lowest BCUT2D eigenvalue weighted by Crippen LogP contribution is -2.53. The van der Waals surface area contributed by atoms with Crippen LogP contribution in [0.3, 0.4) is 0 Å². The van der Waals surface area contributed by atoms with Gasteiger partial charge in [0, 0.05) is 18.9 Å². The second-order valence-corrected chi connectivity index (χ2v) is 12.0. The number of unbranched alkanes of at least 4 members (excludes halogenated alkanes) is 3. The van der Waals surface area contributed by atoms with Crippen molar-refractivity contribution in [1.29, 1.82) is 0 Å². The molecule has 2 N–H and O–H groups in total. The fraction of sp³-hybridized carbons (Fsp3) is 0.385. The second kappa shape index (κ2) is 18.0. The zero-order valence-electron chi connectivity index (χ0n) is 27.2. The Kier molecular flexibility index (Phi) is 13.5. The lowest BCUT2D eigenvalue weighted by Gasteiger charge is -2.26. The quantitative estimate of drug-likeness (QED) is 0.106. The predicted octanol–water partition coefficient (Wildman–Crippen LogP) is 7.61. The van der Waals surface area contributed by atoms with E-state index in [0.717, 1.165) is 53.5 Å². The SMILES string of the molecule is C=CCCCCCOC[C@@H](NC(=O)[C@@H](Cc1ccc(OCC=C)cc1)NC(=O)OCC1c2ccccc2-c2ccccc21)C(C)C. The minimum Gasteiger partial charge on any atom is -0.490 e. The molecule has 0 heterocycles. The maximum atomic E-state index is 13.7. The summed E-state index contributed by atoms with van der Waals surface area (Å²) in [5.41, 5.74) is 5.45. The number of amides is 2. The zero-order valence-corrected chi connectivity index (χ0v) is 27.2. The normalized spacial score (nSPS) is 13.3. The summed E-state index contributed by atoms with van der Waals surface area (Å²) in [4.78, 5) is 27.0. The number of carbonyl (C=O) groups excluding carboxylic acids is 2. The van der Waals surface area contributed by atoms with E-state index < -0.39 is 12.1 Å². The lowest BCUT2D eigenvalue weighted by molar-refractivity contribution is -0.124. The van der Waals surface area contributed by atoms with Crippen LogP contribution in [-0.2, 0) is 20.7 Å². The van der Waals surface area contributed by atoms with Gasteiger partial charge >= 0.3 is 6.09 Å². The van der Waals surface area contributed by atoms with Crippen molar-refractivity contribution in [3.05, 3.63) is 115 Å². The zero-order chi connectivity index (χ0) is 32.7. The number of rotatable bonds is 19. The fourth-order valence-electron chi connectivity index (χ4n) is 5.67. The first-order valence-corrected chi connectivity index (χ1v) is 16.3. The Bertz CT molecular complexity index is 1390. The molecule has 0 unspecified atom stereocenters. The predicted molar refractivity (Wildman–Crippen MR) is 184 cm³/mol. The van der Waals surface area contributed by atoms with E-state index >= 15 is 0 Å². The Balaban J connectivity index is 1.41. The van der Waals surface area contributed by atoms with Gasteiger partial charge in [-0.3, -0.25) is 4.79 Å². The summed E-state index contributed by atoms with van der Waals surface area (Å²) in [5, 5.41) is 5.99. The van der Waals surface area contributed by atoms with Gasteiger partial charge in [-0.05, 0) is 65.1 Å². The van der Waals surface area contributed by atoms with Gasteiger partial charge in [0.15, 0.2) is 0 Å². The van der Waals surface area contributed by atoms with Gasteiger partial charge in [0.25, 0.3) is 0 Å². The smallest absolute Gasteiger partial charge is 0.407 e. The first-order valence-electron chi connectivity index (χ1n) is 16.3. The highest BCUT2D eigenvalue weighted by molar-refractivity contribution is 5.86. The molecule has 0 saturated heterocycles. The molecule has 244 valence electrons. The van der Waals surface area contributed by atoms with E-state index in [4.69, 9.17) is 14.2 Å². The summed E-state index contributed by atoms with van der Waals surface area (Å²) < 4.78 is 17.4. The van der Waals surface area contributed by atoms with Gasteiger partial charge in [0.05, 0.1) is 12.6 Å². The number of hydrogen-bond donors (Lipinski definition) is 2. The van der Waals surface area contributed by atoms with Gasteiger partial charge < -0.3 is 24.8 Å². The van der Waals surface area contributed by atoms with E-state index in [9.17, 15) is 9.59 Å². The minimum atomic E-state index is -0.851. The molecular formula is C39H48N2O5. The van der Waals surface area contributed by atoms with Crippen molar-refractivity contribution >= 4 is 12.0 Å². The molecule has 0 bridgehead atoms. The second-order valence-electron chi connectivity index (χ2n) is 12.0. The van der Waals surface area contributed by atoms with E-state index in [1.807, 2.05) is 68.5 Å². The van der Waals surface area contributed by atoms with Crippen molar-refractivity contribution in [3.63, 3.8) is 0 Å². The summed E-state index contributed by atoms with van der Waals surface area (Å²) >= 11 is 0. The van der Waals surface area contributed by atoms with Crippen molar-refractivity contribution in [2.45, 2.75) is 64.0 Å². The molecule has 3 aromatic carbocycles. The molecule has 1 aliphatic rings. The number of allylic oxidation sites excluding steroid dienone is 1. The maximum Gasteiger partial charge on any atom is 0.407 e. The van der Waals surface area contributed by atoms with Crippen LogP contribution in [0, 0.1) is 5.92 Å². The molecule has 4 rings (SSSR count). The van der Waals surface area contributed by atoms with E-state index in [0.29, 0.717) is 25.6 Å². The minimum absolute atomic E-state index is 0.0761. The van der Waals surface area contributed by atoms with Gasteiger partial charge in [0.1, 0.15) is 25.0 Å². The molecule has 0 aromatic heterocycles. The number of alkyl carbamates (subject to hydrolysis) is 1. The summed E-state index contributed by atoms with van der Waals surface area (Å²) in [6.45, 7) is 13.2. The van der Waals surface area contributed by atoms with Crippen LogP contribution in [-0.4, -0.2) is 50.5 Å². The monoisotopic (exact) mass is 624 g/mol.